The number of imidazole rings is 1. The molecule has 0 radical (unpaired) electrons. The quantitative estimate of drug-likeness (QED) is 0.318. The topological polar surface area (TPSA) is 115 Å². The fourth-order valence-corrected chi connectivity index (χ4v) is 5.90. The van der Waals surface area contributed by atoms with Gasteiger partial charge in [0.2, 0.25) is 11.9 Å². The van der Waals surface area contributed by atoms with E-state index in [0.29, 0.717) is 61.3 Å². The standard InChI is InChI=1S/C30H33N7O5/c1-19-9-11-20(12-10-19)18-36-25-26(32(2)30(41)33(3)28(25)40)31-29(36)35-15-13-34(14-16-35)22-17-24(38)37(27(22)39)21-7-5-6-8-23(21)42-4/h5-12,22H,13-18H2,1-4H3. The number of nitrogens with zero attached hydrogens (tertiary/aromatic N) is 7. The van der Waals surface area contributed by atoms with Crippen LogP contribution in [0.5, 0.6) is 5.75 Å². The van der Waals surface area contributed by atoms with Crippen molar-refractivity contribution >= 4 is 34.6 Å². The number of methoxy groups -OCH3 is 1. The first-order valence-corrected chi connectivity index (χ1v) is 13.9. The van der Waals surface area contributed by atoms with Gasteiger partial charge in [-0.2, -0.15) is 4.98 Å². The Balaban J connectivity index is 1.29. The Bertz CT molecular complexity index is 1810. The summed E-state index contributed by atoms with van der Waals surface area (Å²) in [7, 11) is 4.60. The SMILES string of the molecule is COc1ccccc1N1C(=O)CC(N2CCN(c3nc4c(c(=O)n(C)c(=O)n4C)n3Cc3ccc(C)cc3)CC2)C1=O. The molecule has 42 heavy (non-hydrogen) atoms. The van der Waals surface area contributed by atoms with Crippen LogP contribution >= 0.6 is 0 Å². The van der Waals surface area contributed by atoms with Crippen LogP contribution in [0.3, 0.4) is 0 Å². The highest BCUT2D eigenvalue weighted by Gasteiger charge is 2.44. The molecule has 2 amide bonds. The number of amides is 2. The van der Waals surface area contributed by atoms with Gasteiger partial charge in [-0.3, -0.25) is 33.0 Å². The van der Waals surface area contributed by atoms with Crippen molar-refractivity contribution in [1.82, 2.24) is 23.6 Å². The molecule has 4 aromatic rings. The van der Waals surface area contributed by atoms with Crippen molar-refractivity contribution in [2.45, 2.75) is 25.9 Å². The molecule has 6 rings (SSSR count). The number of hydrogen-bond acceptors (Lipinski definition) is 8. The van der Waals surface area contributed by atoms with Gasteiger partial charge in [-0.1, -0.05) is 42.0 Å². The lowest BCUT2D eigenvalue weighted by atomic mass is 10.1. The van der Waals surface area contributed by atoms with Crippen molar-refractivity contribution in [2.75, 3.05) is 43.1 Å². The number of para-hydroxylation sites is 2. The molecule has 0 N–H and O–H groups in total. The largest absolute Gasteiger partial charge is 0.495 e. The molecular formula is C30H33N7O5. The van der Waals surface area contributed by atoms with Gasteiger partial charge in [0.25, 0.3) is 11.5 Å². The van der Waals surface area contributed by atoms with Crippen LogP contribution in [0, 0.1) is 6.92 Å². The number of anilines is 2. The second-order valence-electron chi connectivity index (χ2n) is 10.8. The minimum absolute atomic E-state index is 0.0982. The molecular weight excluding hydrogens is 538 g/mol. The van der Waals surface area contributed by atoms with Gasteiger partial charge in [-0.25, -0.2) is 9.69 Å². The Labute approximate surface area is 241 Å². The highest BCUT2D eigenvalue weighted by Crippen LogP contribution is 2.33. The third-order valence-corrected chi connectivity index (χ3v) is 8.28. The lowest BCUT2D eigenvalue weighted by Gasteiger charge is -2.37. The monoisotopic (exact) mass is 571 g/mol. The number of piperazine rings is 1. The summed E-state index contributed by atoms with van der Waals surface area (Å²) in [5, 5.41) is 0. The van der Waals surface area contributed by atoms with Crippen LogP contribution in [0.15, 0.2) is 58.1 Å². The maximum atomic E-state index is 13.5. The Kier molecular flexibility index (Phi) is 6.93. The van der Waals surface area contributed by atoms with E-state index in [2.05, 4.69) is 4.90 Å². The van der Waals surface area contributed by atoms with Gasteiger partial charge in [0, 0.05) is 40.3 Å². The van der Waals surface area contributed by atoms with Crippen LogP contribution in [0.4, 0.5) is 11.6 Å². The predicted octanol–water partition coefficient (Wildman–Crippen LogP) is 1.25. The summed E-state index contributed by atoms with van der Waals surface area (Å²) in [4.78, 5) is 62.6. The first-order valence-electron chi connectivity index (χ1n) is 13.9. The number of carbonyl (C=O) groups is 2. The molecule has 2 aliphatic rings. The van der Waals surface area contributed by atoms with Crippen LogP contribution in [0.1, 0.15) is 17.5 Å². The van der Waals surface area contributed by atoms with E-state index in [4.69, 9.17) is 9.72 Å². The molecule has 0 spiro atoms. The van der Waals surface area contributed by atoms with Gasteiger partial charge < -0.3 is 9.64 Å². The molecule has 0 aliphatic carbocycles. The van der Waals surface area contributed by atoms with E-state index in [1.807, 2.05) is 40.7 Å². The summed E-state index contributed by atoms with van der Waals surface area (Å²) in [6.07, 6.45) is 0.0982. The molecule has 2 saturated heterocycles. The number of aryl methyl sites for hydroxylation is 2. The molecule has 4 heterocycles. The number of carbonyl (C=O) groups excluding carboxylic acids is 2. The molecule has 218 valence electrons. The number of ether oxygens (including phenoxy) is 1. The van der Waals surface area contributed by atoms with Crippen LogP contribution in [0.25, 0.3) is 11.2 Å². The molecule has 2 fully saturated rings. The first-order chi connectivity index (χ1) is 20.2. The number of aromatic nitrogens is 4. The highest BCUT2D eigenvalue weighted by molar-refractivity contribution is 6.23. The molecule has 12 nitrogen and oxygen atoms in total. The van der Waals surface area contributed by atoms with Gasteiger partial charge in [0.05, 0.1) is 31.8 Å². The molecule has 0 bridgehead atoms. The summed E-state index contributed by atoms with van der Waals surface area (Å²) < 4.78 is 9.78. The van der Waals surface area contributed by atoms with Gasteiger partial charge in [0.1, 0.15) is 5.75 Å². The van der Waals surface area contributed by atoms with Gasteiger partial charge in [0.15, 0.2) is 11.2 Å². The summed E-state index contributed by atoms with van der Waals surface area (Å²) >= 11 is 0. The molecule has 0 saturated carbocycles. The molecule has 1 atom stereocenters. The second kappa shape index (κ2) is 10.6. The van der Waals surface area contributed by atoms with E-state index in [1.165, 1.54) is 23.6 Å². The third kappa shape index (κ3) is 4.48. The summed E-state index contributed by atoms with van der Waals surface area (Å²) in [5.74, 6) is 0.544. The summed E-state index contributed by atoms with van der Waals surface area (Å²) in [5.41, 5.74) is 2.44. The van der Waals surface area contributed by atoms with Crippen LogP contribution in [-0.4, -0.2) is 74.7 Å². The van der Waals surface area contributed by atoms with E-state index < -0.39 is 17.3 Å². The fraction of sp³-hybridized carbons (Fsp3) is 0.367. The zero-order valence-corrected chi connectivity index (χ0v) is 24.1. The maximum Gasteiger partial charge on any atom is 0.332 e. The van der Waals surface area contributed by atoms with Crippen LogP contribution in [0.2, 0.25) is 0 Å². The second-order valence-corrected chi connectivity index (χ2v) is 10.8. The Morgan fingerprint density at radius 1 is 0.905 bits per heavy atom. The molecule has 12 heteroatoms. The number of hydrogen-bond donors (Lipinski definition) is 0. The zero-order chi connectivity index (χ0) is 29.7. The number of fused-ring (bicyclic) bond motifs is 1. The van der Waals surface area contributed by atoms with Crippen LogP contribution < -0.4 is 25.8 Å². The number of imide groups is 1. The van der Waals surface area contributed by atoms with Crippen molar-refractivity contribution < 1.29 is 14.3 Å². The number of rotatable bonds is 6. The van der Waals surface area contributed by atoms with Gasteiger partial charge in [-0.15, -0.1) is 0 Å². The smallest absolute Gasteiger partial charge is 0.332 e. The van der Waals surface area contributed by atoms with E-state index in [0.717, 1.165) is 15.7 Å². The van der Waals surface area contributed by atoms with Crippen molar-refractivity contribution in [1.29, 1.82) is 0 Å². The Morgan fingerprint density at radius 2 is 1.60 bits per heavy atom. The van der Waals surface area contributed by atoms with Crippen molar-refractivity contribution in [2.24, 2.45) is 14.1 Å². The molecule has 2 aromatic heterocycles. The number of benzene rings is 2. The minimum Gasteiger partial charge on any atom is -0.495 e. The summed E-state index contributed by atoms with van der Waals surface area (Å²) in [6.45, 7) is 4.52. The normalized spacial score (nSPS) is 18.0. The van der Waals surface area contributed by atoms with E-state index >= 15 is 0 Å². The molecule has 1 unspecified atom stereocenters. The average Bonchev–Trinajstić information content (AvgIpc) is 3.52. The predicted molar refractivity (Wildman–Crippen MR) is 158 cm³/mol. The Morgan fingerprint density at radius 3 is 2.29 bits per heavy atom. The van der Waals surface area contributed by atoms with Crippen molar-refractivity contribution in [3.05, 3.63) is 80.5 Å². The lowest BCUT2D eigenvalue weighted by molar-refractivity contribution is -0.123. The van der Waals surface area contributed by atoms with Crippen molar-refractivity contribution in [3.63, 3.8) is 0 Å². The van der Waals surface area contributed by atoms with Crippen LogP contribution in [-0.2, 0) is 30.2 Å². The van der Waals surface area contributed by atoms with E-state index in [1.54, 1.807) is 31.3 Å². The Hall–Kier alpha value is -4.71. The third-order valence-electron chi connectivity index (χ3n) is 8.28. The average molecular weight is 572 g/mol. The van der Waals surface area contributed by atoms with Gasteiger partial charge in [-0.05, 0) is 24.6 Å². The molecule has 2 aromatic carbocycles. The first kappa shape index (κ1) is 27.5. The van der Waals surface area contributed by atoms with Crippen molar-refractivity contribution in [3.8, 4) is 5.75 Å². The molecule has 2 aliphatic heterocycles. The van der Waals surface area contributed by atoms with E-state index in [9.17, 15) is 19.2 Å². The van der Waals surface area contributed by atoms with E-state index in [-0.39, 0.29) is 18.2 Å². The summed E-state index contributed by atoms with van der Waals surface area (Å²) in [6, 6.07) is 14.5. The zero-order valence-electron chi connectivity index (χ0n) is 24.1. The minimum atomic E-state index is -0.566. The fourth-order valence-electron chi connectivity index (χ4n) is 5.90. The highest BCUT2D eigenvalue weighted by atomic mass is 16.5. The van der Waals surface area contributed by atoms with Gasteiger partial charge >= 0.3 is 5.69 Å². The lowest BCUT2D eigenvalue weighted by Crippen LogP contribution is -2.53. The maximum absolute atomic E-state index is 13.5.